The predicted octanol–water partition coefficient (Wildman–Crippen LogP) is 1.43. The Kier molecular flexibility index (Phi) is 5.28. The second-order valence-electron chi connectivity index (χ2n) is 6.27. The summed E-state index contributed by atoms with van der Waals surface area (Å²) in [6, 6.07) is 3.59. The summed E-state index contributed by atoms with van der Waals surface area (Å²) in [6.07, 6.45) is 3.24. The third-order valence-corrected chi connectivity index (χ3v) is 4.12. The van der Waals surface area contributed by atoms with Crippen molar-refractivity contribution in [3.63, 3.8) is 0 Å². The molecule has 2 aromatic rings. The van der Waals surface area contributed by atoms with Crippen LogP contribution in [0.1, 0.15) is 41.5 Å². The molecule has 0 unspecified atom stereocenters. The topological polar surface area (TPSA) is 87.2 Å². The van der Waals surface area contributed by atoms with Gasteiger partial charge in [-0.15, -0.1) is 0 Å². The van der Waals surface area contributed by atoms with Gasteiger partial charge in [0.25, 0.3) is 5.91 Å². The molecule has 1 atom stereocenters. The van der Waals surface area contributed by atoms with Crippen molar-refractivity contribution in [2.24, 2.45) is 0 Å². The van der Waals surface area contributed by atoms with Crippen molar-refractivity contribution < 1.29 is 9.53 Å². The van der Waals surface area contributed by atoms with Crippen LogP contribution in [-0.4, -0.2) is 64.8 Å². The first-order valence-corrected chi connectivity index (χ1v) is 8.54. The summed E-state index contributed by atoms with van der Waals surface area (Å²) in [4.78, 5) is 25.4. The molecule has 0 aromatic carbocycles. The number of amides is 1. The van der Waals surface area contributed by atoms with E-state index in [0.717, 1.165) is 18.7 Å². The van der Waals surface area contributed by atoms with Crippen LogP contribution in [0.3, 0.4) is 0 Å². The lowest BCUT2D eigenvalue weighted by molar-refractivity contribution is -0.0266. The van der Waals surface area contributed by atoms with Crippen LogP contribution in [0.5, 0.6) is 0 Å². The molecule has 1 aliphatic rings. The molecule has 134 valence electrons. The van der Waals surface area contributed by atoms with Gasteiger partial charge in [0.15, 0.2) is 5.82 Å². The van der Waals surface area contributed by atoms with E-state index in [1.807, 2.05) is 19.0 Å². The molecular weight excluding hydrogens is 320 g/mol. The highest BCUT2D eigenvalue weighted by Crippen LogP contribution is 2.23. The van der Waals surface area contributed by atoms with Gasteiger partial charge in [-0.05, 0) is 18.6 Å². The van der Waals surface area contributed by atoms with Crippen molar-refractivity contribution in [3.05, 3.63) is 35.5 Å². The zero-order valence-corrected chi connectivity index (χ0v) is 14.9. The average Bonchev–Trinajstić information content (AvgIpc) is 3.10. The average molecular weight is 344 g/mol. The maximum atomic E-state index is 13.0. The normalized spacial score (nSPS) is 17.6. The number of rotatable bonds is 5. The van der Waals surface area contributed by atoms with Gasteiger partial charge in [0.2, 0.25) is 0 Å². The van der Waals surface area contributed by atoms with Gasteiger partial charge < -0.3 is 14.5 Å². The van der Waals surface area contributed by atoms with Gasteiger partial charge in [0.05, 0.1) is 18.7 Å². The first-order valence-electron chi connectivity index (χ1n) is 8.54. The molecule has 1 saturated heterocycles. The largest absolute Gasteiger partial charge is 0.366 e. The molecule has 0 bridgehead atoms. The fourth-order valence-electron chi connectivity index (χ4n) is 2.88. The van der Waals surface area contributed by atoms with Gasteiger partial charge in [-0.3, -0.25) is 9.89 Å². The minimum absolute atomic E-state index is 0.0468. The summed E-state index contributed by atoms with van der Waals surface area (Å²) in [5, 5.41) is 7.19. The van der Waals surface area contributed by atoms with E-state index in [1.165, 1.54) is 0 Å². The number of morpholine rings is 1. The molecule has 2 aromatic heterocycles. The molecule has 1 aliphatic heterocycles. The highest BCUT2D eigenvalue weighted by molar-refractivity contribution is 5.98. The van der Waals surface area contributed by atoms with E-state index < -0.39 is 0 Å². The van der Waals surface area contributed by atoms with Crippen LogP contribution in [-0.2, 0) is 11.2 Å². The van der Waals surface area contributed by atoms with Gasteiger partial charge in [0.1, 0.15) is 17.7 Å². The molecule has 0 aliphatic carbocycles. The first kappa shape index (κ1) is 17.3. The van der Waals surface area contributed by atoms with Crippen molar-refractivity contribution in [1.29, 1.82) is 0 Å². The third-order valence-electron chi connectivity index (χ3n) is 4.12. The predicted molar refractivity (Wildman–Crippen MR) is 93.5 cm³/mol. The van der Waals surface area contributed by atoms with Crippen molar-refractivity contribution >= 4 is 11.7 Å². The number of carbonyl (C=O) groups is 1. The molecule has 25 heavy (non-hydrogen) atoms. The minimum atomic E-state index is -0.306. The molecule has 3 rings (SSSR count). The summed E-state index contributed by atoms with van der Waals surface area (Å²) in [6.45, 7) is 3.54. The number of carbonyl (C=O) groups excluding carboxylic acids is 1. The van der Waals surface area contributed by atoms with Crippen LogP contribution >= 0.6 is 0 Å². The summed E-state index contributed by atoms with van der Waals surface area (Å²) in [5.41, 5.74) is 0.592. The van der Waals surface area contributed by atoms with E-state index in [-0.39, 0.29) is 12.0 Å². The second kappa shape index (κ2) is 7.60. The summed E-state index contributed by atoms with van der Waals surface area (Å²) in [5.74, 6) is 2.08. The van der Waals surface area contributed by atoms with E-state index >= 15 is 0 Å². The number of hydrogen-bond donors (Lipinski definition) is 1. The van der Waals surface area contributed by atoms with E-state index in [0.29, 0.717) is 36.9 Å². The lowest BCUT2D eigenvalue weighted by atomic mass is 10.2. The molecule has 3 heterocycles. The molecular formula is C17H24N6O2. The summed E-state index contributed by atoms with van der Waals surface area (Å²) < 4.78 is 5.78. The van der Waals surface area contributed by atoms with Gasteiger partial charge in [-0.2, -0.15) is 5.10 Å². The smallest absolute Gasteiger partial charge is 0.257 e. The quantitative estimate of drug-likeness (QED) is 0.883. The van der Waals surface area contributed by atoms with Gasteiger partial charge >= 0.3 is 0 Å². The summed E-state index contributed by atoms with van der Waals surface area (Å²) >= 11 is 0. The molecule has 1 fully saturated rings. The van der Waals surface area contributed by atoms with Crippen molar-refractivity contribution in [2.75, 3.05) is 38.7 Å². The number of nitrogens with zero attached hydrogens (tertiary/aromatic N) is 5. The maximum absolute atomic E-state index is 13.0. The van der Waals surface area contributed by atoms with E-state index in [2.05, 4.69) is 27.1 Å². The molecule has 8 nitrogen and oxygen atoms in total. The highest BCUT2D eigenvalue weighted by atomic mass is 16.5. The van der Waals surface area contributed by atoms with Crippen molar-refractivity contribution in [1.82, 2.24) is 25.1 Å². The molecule has 1 N–H and O–H groups in total. The maximum Gasteiger partial charge on any atom is 0.257 e. The molecule has 0 spiro atoms. The molecule has 8 heteroatoms. The SMILES string of the molecule is CCCc1nc([C@H]2CN(C(=O)c3cccnc3N(C)C)CCO2)n[nH]1. The number of aromatic amines is 1. The van der Waals surface area contributed by atoms with E-state index in [4.69, 9.17) is 4.74 Å². The Morgan fingerprint density at radius 2 is 2.32 bits per heavy atom. The number of anilines is 1. The Balaban J connectivity index is 1.75. The van der Waals surface area contributed by atoms with Gasteiger partial charge in [0, 0.05) is 33.3 Å². The fraction of sp³-hybridized carbons (Fsp3) is 0.529. The Hall–Kier alpha value is -2.48. The fourth-order valence-corrected chi connectivity index (χ4v) is 2.88. The zero-order valence-electron chi connectivity index (χ0n) is 14.9. The Morgan fingerprint density at radius 3 is 3.08 bits per heavy atom. The number of aromatic nitrogens is 4. The van der Waals surface area contributed by atoms with Crippen LogP contribution in [0.2, 0.25) is 0 Å². The number of pyridine rings is 1. The second-order valence-corrected chi connectivity index (χ2v) is 6.27. The molecule has 0 radical (unpaired) electrons. The number of nitrogens with one attached hydrogen (secondary N) is 1. The number of H-pyrrole nitrogens is 1. The number of ether oxygens (including phenoxy) is 1. The monoisotopic (exact) mass is 344 g/mol. The van der Waals surface area contributed by atoms with Crippen LogP contribution < -0.4 is 4.90 Å². The lowest BCUT2D eigenvalue weighted by Crippen LogP contribution is -2.43. The highest BCUT2D eigenvalue weighted by Gasteiger charge is 2.30. The Labute approximate surface area is 147 Å². The first-order chi connectivity index (χ1) is 12.1. The van der Waals surface area contributed by atoms with Crippen molar-refractivity contribution in [2.45, 2.75) is 25.9 Å². The van der Waals surface area contributed by atoms with Gasteiger partial charge in [-0.1, -0.05) is 6.92 Å². The number of hydrogen-bond acceptors (Lipinski definition) is 6. The van der Waals surface area contributed by atoms with Gasteiger partial charge in [-0.25, -0.2) is 9.97 Å². The third kappa shape index (κ3) is 3.79. The van der Waals surface area contributed by atoms with E-state index in [1.54, 1.807) is 23.2 Å². The standard InChI is InChI=1S/C17H24N6O2/c1-4-6-14-19-15(21-20-14)13-11-23(9-10-25-13)17(24)12-7-5-8-18-16(12)22(2)3/h5,7-8,13H,4,6,9-11H2,1-3H3,(H,19,20,21)/t13-/m1/s1. The van der Waals surface area contributed by atoms with Crippen molar-refractivity contribution in [3.8, 4) is 0 Å². The number of aryl methyl sites for hydroxylation is 1. The van der Waals surface area contributed by atoms with E-state index in [9.17, 15) is 4.79 Å². The summed E-state index contributed by atoms with van der Waals surface area (Å²) in [7, 11) is 3.76. The Morgan fingerprint density at radius 1 is 1.48 bits per heavy atom. The molecule has 1 amide bonds. The lowest BCUT2D eigenvalue weighted by Gasteiger charge is -2.32. The van der Waals surface area contributed by atoms with Crippen LogP contribution in [0, 0.1) is 0 Å². The van der Waals surface area contributed by atoms with Crippen LogP contribution in [0.25, 0.3) is 0 Å². The zero-order chi connectivity index (χ0) is 17.8. The minimum Gasteiger partial charge on any atom is -0.366 e. The Bertz CT molecular complexity index is 729. The molecule has 0 saturated carbocycles. The van der Waals surface area contributed by atoms with Crippen LogP contribution in [0.15, 0.2) is 18.3 Å². The van der Waals surface area contributed by atoms with Crippen LogP contribution in [0.4, 0.5) is 5.82 Å².